The number of nitrogens with zero attached hydrogens (tertiary/aromatic N) is 2. The molecule has 6 nitrogen and oxygen atoms in total. The number of benzene rings is 1. The van der Waals surface area contributed by atoms with Crippen LogP contribution in [0.4, 0.5) is 5.69 Å². The minimum absolute atomic E-state index is 0.0624. The smallest absolute Gasteiger partial charge is 0.224 e. The molecule has 0 radical (unpaired) electrons. The molecule has 6 heteroatoms. The van der Waals surface area contributed by atoms with Crippen molar-refractivity contribution in [3.05, 3.63) is 42.2 Å². The van der Waals surface area contributed by atoms with Crippen molar-refractivity contribution in [1.82, 2.24) is 9.78 Å². The largest absolute Gasteiger partial charge is 0.494 e. The van der Waals surface area contributed by atoms with Crippen LogP contribution in [0.15, 0.2) is 36.7 Å². The van der Waals surface area contributed by atoms with Crippen LogP contribution >= 0.6 is 0 Å². The average Bonchev–Trinajstić information content (AvgIpc) is 3.07. The molecule has 0 spiro atoms. The lowest BCUT2D eigenvalue weighted by atomic mass is 10.1. The van der Waals surface area contributed by atoms with Crippen molar-refractivity contribution in [1.29, 1.82) is 0 Å². The van der Waals surface area contributed by atoms with Crippen molar-refractivity contribution in [2.75, 3.05) is 11.9 Å². The van der Waals surface area contributed by atoms with Crippen LogP contribution in [0.5, 0.6) is 5.75 Å². The Hall–Kier alpha value is -2.63. The van der Waals surface area contributed by atoms with E-state index >= 15 is 0 Å². The van der Waals surface area contributed by atoms with Gasteiger partial charge in [-0.3, -0.25) is 14.3 Å². The molecule has 1 amide bonds. The van der Waals surface area contributed by atoms with Crippen molar-refractivity contribution >= 4 is 17.4 Å². The zero-order valence-electron chi connectivity index (χ0n) is 15.9. The number of hydrogen-bond acceptors (Lipinski definition) is 4. The van der Waals surface area contributed by atoms with Crippen molar-refractivity contribution in [3.8, 4) is 5.75 Å². The minimum atomic E-state index is -0.199. The number of nitrogens with one attached hydrogen (secondary N) is 1. The summed E-state index contributed by atoms with van der Waals surface area (Å²) in [5, 5.41) is 7.01. The molecule has 0 aliphatic heterocycles. The molecule has 2 aromatic rings. The Morgan fingerprint density at radius 1 is 1.15 bits per heavy atom. The highest BCUT2D eigenvalue weighted by Gasteiger charge is 2.15. The quantitative estimate of drug-likeness (QED) is 0.724. The number of ether oxygens (including phenoxy) is 1. The maximum atomic E-state index is 12.2. The zero-order valence-corrected chi connectivity index (χ0v) is 15.9. The molecule has 1 heterocycles. The van der Waals surface area contributed by atoms with Gasteiger partial charge in [-0.2, -0.15) is 5.10 Å². The summed E-state index contributed by atoms with van der Waals surface area (Å²) >= 11 is 0. The Bertz CT molecular complexity index is 742. The molecule has 140 valence electrons. The number of carbonyl (C=O) groups is 2. The molecule has 0 saturated carbocycles. The van der Waals surface area contributed by atoms with Gasteiger partial charge in [-0.15, -0.1) is 0 Å². The lowest BCUT2D eigenvalue weighted by molar-refractivity contribution is -0.116. The fraction of sp³-hybridized carbons (Fsp3) is 0.450. The Morgan fingerprint density at radius 3 is 2.42 bits per heavy atom. The summed E-state index contributed by atoms with van der Waals surface area (Å²) in [6.45, 7) is 8.78. The molecule has 1 N–H and O–H groups in total. The summed E-state index contributed by atoms with van der Waals surface area (Å²) in [5.74, 6) is 0.485. The molecule has 1 aromatic heterocycles. The number of ketones is 1. The first-order valence-corrected chi connectivity index (χ1v) is 8.90. The molecular weight excluding hydrogens is 330 g/mol. The first-order valence-electron chi connectivity index (χ1n) is 8.90. The van der Waals surface area contributed by atoms with E-state index in [0.717, 1.165) is 12.2 Å². The van der Waals surface area contributed by atoms with Crippen LogP contribution in [0.3, 0.4) is 0 Å². The summed E-state index contributed by atoms with van der Waals surface area (Å²) in [6.07, 6.45) is 4.63. The van der Waals surface area contributed by atoms with E-state index < -0.39 is 0 Å². The molecule has 0 aliphatic rings. The van der Waals surface area contributed by atoms with E-state index in [1.807, 2.05) is 27.7 Å². The molecule has 26 heavy (non-hydrogen) atoms. The van der Waals surface area contributed by atoms with Crippen LogP contribution in [-0.4, -0.2) is 28.1 Å². The van der Waals surface area contributed by atoms with Gasteiger partial charge in [-0.25, -0.2) is 0 Å². The normalized spacial score (nSPS) is 11.2. The van der Waals surface area contributed by atoms with Gasteiger partial charge >= 0.3 is 0 Å². The lowest BCUT2D eigenvalue weighted by Gasteiger charge is -2.18. The van der Waals surface area contributed by atoms with Crippen molar-refractivity contribution in [3.63, 3.8) is 0 Å². The second-order valence-corrected chi connectivity index (χ2v) is 7.19. The number of anilines is 1. The lowest BCUT2D eigenvalue weighted by Crippen LogP contribution is -2.22. The molecule has 1 aromatic carbocycles. The minimum Gasteiger partial charge on any atom is -0.494 e. The molecule has 0 atom stereocenters. The highest BCUT2D eigenvalue weighted by atomic mass is 16.5. The summed E-state index contributed by atoms with van der Waals surface area (Å²) in [7, 11) is 0. The van der Waals surface area contributed by atoms with Gasteiger partial charge in [0, 0.05) is 24.6 Å². The number of aromatic nitrogens is 2. The van der Waals surface area contributed by atoms with Crippen LogP contribution in [-0.2, 0) is 10.3 Å². The molecular formula is C20H27N3O3. The number of carbonyl (C=O) groups excluding carboxylic acids is 2. The van der Waals surface area contributed by atoms with Crippen LogP contribution in [0.1, 0.15) is 57.3 Å². The third kappa shape index (κ3) is 5.72. The van der Waals surface area contributed by atoms with E-state index in [-0.39, 0.29) is 30.1 Å². The van der Waals surface area contributed by atoms with E-state index in [2.05, 4.69) is 10.4 Å². The Labute approximate surface area is 154 Å². The maximum Gasteiger partial charge on any atom is 0.224 e. The second-order valence-electron chi connectivity index (χ2n) is 7.19. The second kappa shape index (κ2) is 8.65. The molecule has 0 aliphatic carbocycles. The van der Waals surface area contributed by atoms with Gasteiger partial charge in [-0.1, -0.05) is 6.92 Å². The Morgan fingerprint density at radius 2 is 1.85 bits per heavy atom. The van der Waals surface area contributed by atoms with E-state index in [4.69, 9.17) is 4.74 Å². The van der Waals surface area contributed by atoms with Crippen LogP contribution in [0.2, 0.25) is 0 Å². The van der Waals surface area contributed by atoms with Crippen LogP contribution < -0.4 is 10.1 Å². The first kappa shape index (κ1) is 19.7. The van der Waals surface area contributed by atoms with Gasteiger partial charge in [0.1, 0.15) is 5.75 Å². The zero-order chi connectivity index (χ0) is 19.2. The van der Waals surface area contributed by atoms with Crippen molar-refractivity contribution < 1.29 is 14.3 Å². The standard InChI is InChI=1S/C20H27N3O3/c1-5-12-26-17-8-6-15(7-9-17)18(24)10-11-19(25)22-16-13-21-23(14-16)20(2,3)4/h6-9,13-14H,5,10-12H2,1-4H3,(H,22,25). The predicted molar refractivity (Wildman–Crippen MR) is 102 cm³/mol. The summed E-state index contributed by atoms with van der Waals surface area (Å²) < 4.78 is 7.28. The average molecular weight is 357 g/mol. The van der Waals surface area contributed by atoms with E-state index in [1.54, 1.807) is 41.3 Å². The topological polar surface area (TPSA) is 73.2 Å². The predicted octanol–water partition coefficient (Wildman–Crippen LogP) is 4.03. The van der Waals surface area contributed by atoms with Gasteiger partial charge in [0.2, 0.25) is 5.91 Å². The Kier molecular flexibility index (Phi) is 6.55. The number of Topliss-reactive ketones (excluding diaryl/α,β-unsaturated/α-hetero) is 1. The van der Waals surface area contributed by atoms with Gasteiger partial charge in [0.25, 0.3) is 0 Å². The van der Waals surface area contributed by atoms with E-state index in [1.165, 1.54) is 0 Å². The van der Waals surface area contributed by atoms with Crippen molar-refractivity contribution in [2.24, 2.45) is 0 Å². The van der Waals surface area contributed by atoms with Gasteiger partial charge in [0.05, 0.1) is 24.0 Å². The van der Waals surface area contributed by atoms with E-state index in [9.17, 15) is 9.59 Å². The molecule has 2 rings (SSSR count). The Balaban J connectivity index is 1.83. The van der Waals surface area contributed by atoms with Crippen LogP contribution in [0.25, 0.3) is 0 Å². The summed E-state index contributed by atoms with van der Waals surface area (Å²) in [5.41, 5.74) is 1.07. The number of rotatable bonds is 8. The van der Waals surface area contributed by atoms with Crippen LogP contribution in [0, 0.1) is 0 Å². The molecule has 0 saturated heterocycles. The summed E-state index contributed by atoms with van der Waals surface area (Å²) in [4.78, 5) is 24.3. The fourth-order valence-electron chi connectivity index (χ4n) is 2.31. The third-order valence-corrected chi connectivity index (χ3v) is 3.78. The fourth-order valence-corrected chi connectivity index (χ4v) is 2.31. The monoisotopic (exact) mass is 357 g/mol. The molecule has 0 unspecified atom stereocenters. The molecule has 0 fully saturated rings. The summed E-state index contributed by atoms with van der Waals surface area (Å²) in [6, 6.07) is 7.03. The number of hydrogen-bond donors (Lipinski definition) is 1. The SMILES string of the molecule is CCCOc1ccc(C(=O)CCC(=O)Nc2cnn(C(C)(C)C)c2)cc1. The van der Waals surface area contributed by atoms with E-state index in [0.29, 0.717) is 17.9 Å². The highest BCUT2D eigenvalue weighted by Crippen LogP contribution is 2.17. The first-order chi connectivity index (χ1) is 12.3. The van der Waals surface area contributed by atoms with Gasteiger partial charge in [0.15, 0.2) is 5.78 Å². The number of amides is 1. The van der Waals surface area contributed by atoms with Crippen molar-refractivity contribution in [2.45, 2.75) is 52.5 Å². The maximum absolute atomic E-state index is 12.2. The van der Waals surface area contributed by atoms with Gasteiger partial charge in [-0.05, 0) is 51.5 Å². The highest BCUT2D eigenvalue weighted by molar-refractivity contribution is 6.00. The molecule has 0 bridgehead atoms. The van der Waals surface area contributed by atoms with Gasteiger partial charge < -0.3 is 10.1 Å². The third-order valence-electron chi connectivity index (χ3n) is 3.78.